The summed E-state index contributed by atoms with van der Waals surface area (Å²) in [5, 5.41) is 14.9. The lowest BCUT2D eigenvalue weighted by atomic mass is 10.1. The Labute approximate surface area is 120 Å². The van der Waals surface area contributed by atoms with E-state index in [1.165, 1.54) is 0 Å². The molecule has 1 aromatic carbocycles. The second kappa shape index (κ2) is 6.24. The highest BCUT2D eigenvalue weighted by Crippen LogP contribution is 2.34. The number of carbonyl (C=O) groups excluding carboxylic acids is 1. The van der Waals surface area contributed by atoms with Crippen molar-refractivity contribution in [1.82, 2.24) is 5.32 Å². The Morgan fingerprint density at radius 3 is 2.80 bits per heavy atom. The molecule has 1 aliphatic rings. The molecule has 1 atom stereocenters. The Balaban J connectivity index is 2.27. The van der Waals surface area contributed by atoms with E-state index in [4.69, 9.17) is 5.11 Å². The molecule has 2 rings (SSSR count). The molecule has 110 valence electrons. The zero-order valence-corrected chi connectivity index (χ0v) is 12.3. The van der Waals surface area contributed by atoms with Gasteiger partial charge in [-0.15, -0.1) is 0 Å². The molecule has 1 amide bonds. The zero-order valence-electron chi connectivity index (χ0n) is 12.3. The first-order chi connectivity index (χ1) is 9.58. The van der Waals surface area contributed by atoms with Crippen molar-refractivity contribution in [2.75, 3.05) is 30.4 Å². The first-order valence-corrected chi connectivity index (χ1v) is 7.08. The van der Waals surface area contributed by atoms with Gasteiger partial charge in [0.2, 0.25) is 5.91 Å². The van der Waals surface area contributed by atoms with E-state index in [9.17, 15) is 4.79 Å². The van der Waals surface area contributed by atoms with E-state index in [0.717, 1.165) is 29.9 Å². The summed E-state index contributed by atoms with van der Waals surface area (Å²) in [7, 11) is 1.79. The summed E-state index contributed by atoms with van der Waals surface area (Å²) in [6.45, 7) is 5.24. The number of aliphatic hydroxyl groups excluding tert-OH is 1. The third-order valence-electron chi connectivity index (χ3n) is 3.67. The number of carbonyl (C=O) groups is 1. The monoisotopic (exact) mass is 277 g/mol. The van der Waals surface area contributed by atoms with Crippen molar-refractivity contribution in [2.24, 2.45) is 0 Å². The van der Waals surface area contributed by atoms with E-state index in [-0.39, 0.29) is 18.6 Å². The fourth-order valence-corrected chi connectivity index (χ4v) is 2.64. The molecule has 5 nitrogen and oxygen atoms in total. The molecule has 1 aliphatic heterocycles. The van der Waals surface area contributed by atoms with Crippen molar-refractivity contribution in [3.05, 3.63) is 23.8 Å². The molecule has 1 heterocycles. The first-order valence-electron chi connectivity index (χ1n) is 7.08. The maximum atomic E-state index is 11.8. The molecular formula is C15H23N3O2. The van der Waals surface area contributed by atoms with Gasteiger partial charge in [-0.2, -0.15) is 0 Å². The minimum atomic E-state index is -0.260. The van der Waals surface area contributed by atoms with E-state index in [2.05, 4.69) is 29.4 Å². The SMILES string of the molecule is CNC1C(=O)Nc2cc(N(CCCO)C(C)C)ccc21. The van der Waals surface area contributed by atoms with Gasteiger partial charge in [-0.25, -0.2) is 0 Å². The number of nitrogens with one attached hydrogen (secondary N) is 2. The molecular weight excluding hydrogens is 254 g/mol. The highest BCUT2D eigenvalue weighted by molar-refractivity contribution is 6.03. The molecule has 0 saturated carbocycles. The summed E-state index contributed by atoms with van der Waals surface area (Å²) in [5.74, 6) is -0.00824. The Morgan fingerprint density at radius 2 is 2.20 bits per heavy atom. The molecule has 0 aliphatic carbocycles. The van der Waals surface area contributed by atoms with E-state index in [1.807, 2.05) is 18.2 Å². The molecule has 0 bridgehead atoms. The molecule has 1 unspecified atom stereocenters. The van der Waals surface area contributed by atoms with Gasteiger partial charge in [-0.1, -0.05) is 6.07 Å². The van der Waals surface area contributed by atoms with Crippen LogP contribution in [0.5, 0.6) is 0 Å². The van der Waals surface area contributed by atoms with Crippen LogP contribution < -0.4 is 15.5 Å². The van der Waals surface area contributed by atoms with Crippen molar-refractivity contribution in [1.29, 1.82) is 0 Å². The molecule has 0 aromatic heterocycles. The minimum Gasteiger partial charge on any atom is -0.396 e. The maximum absolute atomic E-state index is 11.8. The average Bonchev–Trinajstić information content (AvgIpc) is 2.73. The number of hydrogen-bond donors (Lipinski definition) is 3. The Bertz CT molecular complexity index is 488. The topological polar surface area (TPSA) is 64.6 Å². The Morgan fingerprint density at radius 1 is 1.45 bits per heavy atom. The van der Waals surface area contributed by atoms with E-state index in [0.29, 0.717) is 6.04 Å². The van der Waals surface area contributed by atoms with Crippen LogP contribution in [0.2, 0.25) is 0 Å². The lowest BCUT2D eigenvalue weighted by molar-refractivity contribution is -0.117. The molecule has 0 fully saturated rings. The van der Waals surface area contributed by atoms with Crippen molar-refractivity contribution in [2.45, 2.75) is 32.4 Å². The molecule has 20 heavy (non-hydrogen) atoms. The summed E-state index contributed by atoms with van der Waals surface area (Å²) in [4.78, 5) is 14.1. The van der Waals surface area contributed by atoms with E-state index >= 15 is 0 Å². The molecule has 5 heteroatoms. The summed E-state index contributed by atoms with van der Waals surface area (Å²) in [6, 6.07) is 6.14. The predicted octanol–water partition coefficient (Wildman–Crippen LogP) is 1.50. The molecule has 1 aromatic rings. The van der Waals surface area contributed by atoms with Gasteiger partial charge in [-0.05, 0) is 39.4 Å². The van der Waals surface area contributed by atoms with E-state index in [1.54, 1.807) is 7.05 Å². The normalized spacial score (nSPS) is 17.2. The lowest BCUT2D eigenvalue weighted by Crippen LogP contribution is -2.32. The molecule has 0 saturated heterocycles. The van der Waals surface area contributed by atoms with Gasteiger partial charge in [0.05, 0.1) is 0 Å². The minimum absolute atomic E-state index is 0.00824. The summed E-state index contributed by atoms with van der Waals surface area (Å²) in [6.07, 6.45) is 0.737. The quantitative estimate of drug-likeness (QED) is 0.737. The highest BCUT2D eigenvalue weighted by atomic mass is 16.3. The van der Waals surface area contributed by atoms with Gasteiger partial charge in [0.1, 0.15) is 6.04 Å². The van der Waals surface area contributed by atoms with Crippen molar-refractivity contribution in [3.63, 3.8) is 0 Å². The number of nitrogens with zero attached hydrogens (tertiary/aromatic N) is 1. The molecule has 3 N–H and O–H groups in total. The van der Waals surface area contributed by atoms with Crippen LogP contribution in [0.25, 0.3) is 0 Å². The summed E-state index contributed by atoms with van der Waals surface area (Å²) < 4.78 is 0. The maximum Gasteiger partial charge on any atom is 0.246 e. The van der Waals surface area contributed by atoms with Gasteiger partial charge in [0.15, 0.2) is 0 Å². The largest absolute Gasteiger partial charge is 0.396 e. The third-order valence-corrected chi connectivity index (χ3v) is 3.67. The number of likely N-dealkylation sites (N-methyl/N-ethyl adjacent to an activating group) is 1. The number of hydrogen-bond acceptors (Lipinski definition) is 4. The van der Waals surface area contributed by atoms with Crippen molar-refractivity contribution in [3.8, 4) is 0 Å². The van der Waals surface area contributed by atoms with Crippen LogP contribution >= 0.6 is 0 Å². The summed E-state index contributed by atoms with van der Waals surface area (Å²) in [5.41, 5.74) is 2.94. The highest BCUT2D eigenvalue weighted by Gasteiger charge is 2.29. The molecule has 0 radical (unpaired) electrons. The van der Waals surface area contributed by atoms with Crippen LogP contribution in [0.4, 0.5) is 11.4 Å². The van der Waals surface area contributed by atoms with Crippen LogP contribution in [0.1, 0.15) is 31.9 Å². The predicted molar refractivity (Wildman–Crippen MR) is 81.1 cm³/mol. The zero-order chi connectivity index (χ0) is 14.7. The van der Waals surface area contributed by atoms with Crippen LogP contribution in [0.15, 0.2) is 18.2 Å². The number of anilines is 2. The number of rotatable bonds is 6. The average molecular weight is 277 g/mol. The number of aliphatic hydroxyl groups is 1. The van der Waals surface area contributed by atoms with E-state index < -0.39 is 0 Å². The molecule has 0 spiro atoms. The van der Waals surface area contributed by atoms with Crippen LogP contribution in [-0.4, -0.2) is 37.3 Å². The second-order valence-corrected chi connectivity index (χ2v) is 5.35. The van der Waals surface area contributed by atoms with Gasteiger partial charge in [-0.3, -0.25) is 4.79 Å². The standard InChI is InChI=1S/C15H23N3O2/c1-10(2)18(7-4-8-19)11-5-6-12-13(9-11)17-15(20)14(12)16-3/h5-6,9-10,14,16,19H,4,7-8H2,1-3H3,(H,17,20). The number of fused-ring (bicyclic) bond motifs is 1. The van der Waals surface area contributed by atoms with Crippen LogP contribution in [-0.2, 0) is 4.79 Å². The van der Waals surface area contributed by atoms with Crippen LogP contribution in [0, 0.1) is 0 Å². The van der Waals surface area contributed by atoms with Gasteiger partial charge in [0, 0.05) is 36.1 Å². The smallest absolute Gasteiger partial charge is 0.246 e. The third kappa shape index (κ3) is 2.78. The van der Waals surface area contributed by atoms with Crippen molar-refractivity contribution >= 4 is 17.3 Å². The van der Waals surface area contributed by atoms with Gasteiger partial charge in [0.25, 0.3) is 0 Å². The van der Waals surface area contributed by atoms with Gasteiger partial charge < -0.3 is 20.6 Å². The lowest BCUT2D eigenvalue weighted by Gasteiger charge is -2.29. The first kappa shape index (κ1) is 14.8. The van der Waals surface area contributed by atoms with Crippen LogP contribution in [0.3, 0.4) is 0 Å². The number of benzene rings is 1. The second-order valence-electron chi connectivity index (χ2n) is 5.35. The Kier molecular flexibility index (Phi) is 4.62. The van der Waals surface area contributed by atoms with Gasteiger partial charge >= 0.3 is 0 Å². The fourth-order valence-electron chi connectivity index (χ4n) is 2.64. The summed E-state index contributed by atoms with van der Waals surface area (Å²) >= 11 is 0. The Hall–Kier alpha value is -1.59. The van der Waals surface area contributed by atoms with Crippen molar-refractivity contribution < 1.29 is 9.90 Å². The fraction of sp³-hybridized carbons (Fsp3) is 0.533. The number of amides is 1.